The molecule has 7 nitrogen and oxygen atoms in total. The minimum Gasteiger partial charge on any atom is -0.481 e. The number of ketones is 1. The summed E-state index contributed by atoms with van der Waals surface area (Å²) in [4.78, 5) is 26.4. The first-order valence-electron chi connectivity index (χ1n) is 10.2. The number of carbonyl (C=O) groups excluding carboxylic acids is 1. The van der Waals surface area contributed by atoms with Crippen LogP contribution in [0.3, 0.4) is 0 Å². The van der Waals surface area contributed by atoms with Gasteiger partial charge in [-0.15, -0.1) is 0 Å². The molecule has 2 aliphatic rings. The maximum absolute atomic E-state index is 13.6. The second kappa shape index (κ2) is 8.40. The summed E-state index contributed by atoms with van der Waals surface area (Å²) in [6.07, 6.45) is -4.20. The number of β-amino-alcohol motifs (C(OH)–C–C–N with tert-alkyl or cyclic N) is 1. The first-order chi connectivity index (χ1) is 15.1. The van der Waals surface area contributed by atoms with Gasteiger partial charge < -0.3 is 15.1 Å². The average Bonchev–Trinajstić information content (AvgIpc) is 3.16. The topological polar surface area (TPSA) is 107 Å². The predicted octanol–water partition coefficient (Wildman–Crippen LogP) is 3.66. The summed E-state index contributed by atoms with van der Waals surface area (Å²) in [5.74, 6) is -3.25. The quantitative estimate of drug-likeness (QED) is 0.588. The van der Waals surface area contributed by atoms with E-state index in [1.165, 1.54) is 6.07 Å². The SMILES string of the molecule is O=C(c1c(Cl)cccc1C(F)(F)F)C1CCCc2[nH]nc(N3CCC(C(=O)O)C(O)C3)c21. The van der Waals surface area contributed by atoms with Crippen LogP contribution in [0.1, 0.15) is 52.4 Å². The molecular weight excluding hydrogens is 451 g/mol. The molecule has 3 unspecified atom stereocenters. The van der Waals surface area contributed by atoms with Crippen LogP contribution in [0.25, 0.3) is 0 Å². The van der Waals surface area contributed by atoms with E-state index in [0.29, 0.717) is 36.3 Å². The van der Waals surface area contributed by atoms with Gasteiger partial charge in [0.15, 0.2) is 11.6 Å². The monoisotopic (exact) mass is 471 g/mol. The minimum atomic E-state index is -4.74. The Hall–Kier alpha value is -2.59. The van der Waals surface area contributed by atoms with E-state index >= 15 is 0 Å². The molecule has 0 saturated carbocycles. The Morgan fingerprint density at radius 1 is 1.25 bits per heavy atom. The molecule has 172 valence electrons. The second-order valence-electron chi connectivity index (χ2n) is 8.16. The molecule has 1 saturated heterocycles. The fourth-order valence-corrected chi connectivity index (χ4v) is 4.93. The summed E-state index contributed by atoms with van der Waals surface area (Å²) in [5, 5.41) is 26.4. The normalized spacial score (nSPS) is 23.7. The molecule has 0 amide bonds. The Kier molecular flexibility index (Phi) is 5.93. The lowest BCUT2D eigenvalue weighted by molar-refractivity contribution is -0.146. The number of aryl methyl sites for hydroxylation is 1. The number of Topliss-reactive ketones (excluding diaryl/α,β-unsaturated/α-hetero) is 1. The zero-order chi connectivity index (χ0) is 23.2. The number of rotatable bonds is 4. The molecule has 1 fully saturated rings. The Bertz CT molecular complexity index is 1060. The van der Waals surface area contributed by atoms with E-state index in [2.05, 4.69) is 10.2 Å². The largest absolute Gasteiger partial charge is 0.481 e. The van der Waals surface area contributed by atoms with Gasteiger partial charge in [0.05, 0.1) is 28.5 Å². The highest BCUT2D eigenvalue weighted by Gasteiger charge is 2.42. The maximum atomic E-state index is 13.6. The van der Waals surface area contributed by atoms with Crippen molar-refractivity contribution in [3.63, 3.8) is 0 Å². The van der Waals surface area contributed by atoms with Crippen molar-refractivity contribution in [2.24, 2.45) is 5.92 Å². The number of fused-ring (bicyclic) bond motifs is 1. The number of aliphatic carboxylic acids is 1. The third kappa shape index (κ3) is 3.97. The van der Waals surface area contributed by atoms with E-state index in [-0.39, 0.29) is 24.5 Å². The third-order valence-corrected chi connectivity index (χ3v) is 6.53. The van der Waals surface area contributed by atoms with Gasteiger partial charge >= 0.3 is 12.1 Å². The Morgan fingerprint density at radius 3 is 2.66 bits per heavy atom. The number of hydrogen-bond donors (Lipinski definition) is 3. The van der Waals surface area contributed by atoms with Gasteiger partial charge in [0.1, 0.15) is 0 Å². The Balaban J connectivity index is 1.71. The number of aliphatic hydroxyl groups is 1. The van der Waals surface area contributed by atoms with Gasteiger partial charge in [-0.3, -0.25) is 14.7 Å². The summed E-state index contributed by atoms with van der Waals surface area (Å²) in [6.45, 7) is 0.279. The fraction of sp³-hybridized carbons (Fsp3) is 0.476. The van der Waals surface area contributed by atoms with Gasteiger partial charge in [0.2, 0.25) is 0 Å². The highest BCUT2D eigenvalue weighted by atomic mass is 35.5. The van der Waals surface area contributed by atoms with Gasteiger partial charge in [-0.2, -0.15) is 18.3 Å². The number of hydrogen-bond acceptors (Lipinski definition) is 5. The number of anilines is 1. The number of aromatic nitrogens is 2. The molecule has 0 bridgehead atoms. The molecule has 2 aromatic rings. The standard InChI is InChI=1S/C21H21ClF3N3O4/c22-13-5-2-4-12(21(23,24)25)17(13)18(30)11-3-1-6-14-16(11)19(27-26-14)28-8-7-10(20(31)32)15(29)9-28/h2,4-5,10-11,15,29H,1,3,6-9H2,(H,26,27)(H,31,32). The lowest BCUT2D eigenvalue weighted by atomic mass is 9.80. The number of carboxylic acid groups (broad SMARTS) is 1. The Morgan fingerprint density at radius 2 is 2.00 bits per heavy atom. The highest BCUT2D eigenvalue weighted by molar-refractivity contribution is 6.34. The number of halogens is 4. The number of benzene rings is 1. The number of piperidine rings is 1. The lowest BCUT2D eigenvalue weighted by Gasteiger charge is -2.35. The van der Waals surface area contributed by atoms with Crippen molar-refractivity contribution in [2.75, 3.05) is 18.0 Å². The van der Waals surface area contributed by atoms with Crippen molar-refractivity contribution < 1.29 is 33.0 Å². The smallest absolute Gasteiger partial charge is 0.417 e. The average molecular weight is 472 g/mol. The number of alkyl halides is 3. The summed E-state index contributed by atoms with van der Waals surface area (Å²) in [7, 11) is 0. The summed E-state index contributed by atoms with van der Waals surface area (Å²) < 4.78 is 40.8. The summed E-state index contributed by atoms with van der Waals surface area (Å²) >= 11 is 6.06. The van der Waals surface area contributed by atoms with Gasteiger partial charge in [-0.05, 0) is 37.8 Å². The summed E-state index contributed by atoms with van der Waals surface area (Å²) in [6, 6.07) is 3.26. The molecule has 11 heteroatoms. The molecule has 1 aromatic heterocycles. The van der Waals surface area contributed by atoms with E-state index in [0.717, 1.165) is 12.1 Å². The van der Waals surface area contributed by atoms with E-state index in [1.54, 1.807) is 4.90 Å². The van der Waals surface area contributed by atoms with Gasteiger partial charge in [-0.25, -0.2) is 0 Å². The van der Waals surface area contributed by atoms with Crippen LogP contribution in [0.2, 0.25) is 5.02 Å². The van der Waals surface area contributed by atoms with Crippen LogP contribution in [-0.2, 0) is 17.4 Å². The number of nitrogens with one attached hydrogen (secondary N) is 1. The number of carboxylic acids is 1. The number of aliphatic hydroxyl groups excluding tert-OH is 1. The number of H-pyrrole nitrogens is 1. The highest BCUT2D eigenvalue weighted by Crippen LogP contribution is 2.43. The third-order valence-electron chi connectivity index (χ3n) is 6.21. The van der Waals surface area contributed by atoms with Crippen molar-refractivity contribution in [1.82, 2.24) is 10.2 Å². The molecule has 3 N–H and O–H groups in total. The first-order valence-corrected chi connectivity index (χ1v) is 10.6. The van der Waals surface area contributed by atoms with Crippen LogP contribution < -0.4 is 4.90 Å². The van der Waals surface area contributed by atoms with Crippen molar-refractivity contribution in [1.29, 1.82) is 0 Å². The maximum Gasteiger partial charge on any atom is 0.417 e. The predicted molar refractivity (Wildman–Crippen MR) is 109 cm³/mol. The van der Waals surface area contributed by atoms with Crippen LogP contribution in [0, 0.1) is 5.92 Å². The molecule has 4 rings (SSSR count). The minimum absolute atomic E-state index is 0.00490. The van der Waals surface area contributed by atoms with Crippen LogP contribution in [0.4, 0.5) is 19.0 Å². The molecule has 3 atom stereocenters. The van der Waals surface area contributed by atoms with E-state index in [1.807, 2.05) is 0 Å². The number of aromatic amines is 1. The number of nitrogens with zero attached hydrogens (tertiary/aromatic N) is 2. The number of carbonyl (C=O) groups is 2. The van der Waals surface area contributed by atoms with Crippen molar-refractivity contribution >= 4 is 29.2 Å². The molecule has 1 aromatic carbocycles. The van der Waals surface area contributed by atoms with E-state index in [9.17, 15) is 33.0 Å². The van der Waals surface area contributed by atoms with Crippen molar-refractivity contribution in [3.05, 3.63) is 45.6 Å². The fourth-order valence-electron chi connectivity index (χ4n) is 4.66. The van der Waals surface area contributed by atoms with Gasteiger partial charge in [-0.1, -0.05) is 17.7 Å². The zero-order valence-electron chi connectivity index (χ0n) is 16.8. The second-order valence-corrected chi connectivity index (χ2v) is 8.56. The molecule has 0 radical (unpaired) electrons. The molecule has 0 spiro atoms. The molecular formula is C21H21ClF3N3O4. The lowest BCUT2D eigenvalue weighted by Crippen LogP contribution is -2.47. The van der Waals surface area contributed by atoms with E-state index < -0.39 is 47.0 Å². The van der Waals surface area contributed by atoms with Crippen LogP contribution >= 0.6 is 11.6 Å². The zero-order valence-corrected chi connectivity index (χ0v) is 17.6. The van der Waals surface area contributed by atoms with Crippen molar-refractivity contribution in [3.8, 4) is 0 Å². The van der Waals surface area contributed by atoms with Gasteiger partial charge in [0, 0.05) is 29.9 Å². The van der Waals surface area contributed by atoms with Crippen LogP contribution in [-0.4, -0.2) is 51.4 Å². The van der Waals surface area contributed by atoms with Gasteiger partial charge in [0.25, 0.3) is 0 Å². The molecule has 1 aliphatic carbocycles. The molecule has 32 heavy (non-hydrogen) atoms. The first kappa shape index (κ1) is 22.6. The molecule has 1 aliphatic heterocycles. The van der Waals surface area contributed by atoms with Crippen molar-refractivity contribution in [2.45, 2.75) is 43.9 Å². The van der Waals surface area contributed by atoms with E-state index in [4.69, 9.17) is 11.6 Å². The Labute approximate surface area is 186 Å². The van der Waals surface area contributed by atoms with Crippen LogP contribution in [0.15, 0.2) is 18.2 Å². The van der Waals surface area contributed by atoms with Crippen LogP contribution in [0.5, 0.6) is 0 Å². The molecule has 2 heterocycles. The summed E-state index contributed by atoms with van der Waals surface area (Å²) in [5.41, 5.74) is -0.489.